The molecule has 0 amide bonds. The third-order valence-electron chi connectivity index (χ3n) is 15.0. The molecule has 2 saturated heterocycles. The van der Waals surface area contributed by atoms with Crippen molar-refractivity contribution in [2.45, 2.75) is 112 Å². The van der Waals surface area contributed by atoms with E-state index in [0.717, 1.165) is 45.1 Å². The van der Waals surface area contributed by atoms with Crippen LogP contribution in [0.25, 0.3) is 0 Å². The number of carbonyl (C=O) groups is 2. The van der Waals surface area contributed by atoms with Gasteiger partial charge in [0.1, 0.15) is 11.7 Å². The minimum atomic E-state index is -0.628. The van der Waals surface area contributed by atoms with Gasteiger partial charge in [-0.3, -0.25) is 9.59 Å². The minimum absolute atomic E-state index is 0.128. The number of hydrogen-bond acceptors (Lipinski definition) is 6. The molecule has 0 radical (unpaired) electrons. The molecule has 0 aromatic carbocycles. The predicted octanol–water partition coefficient (Wildman–Crippen LogP) is 6.11. The summed E-state index contributed by atoms with van der Waals surface area (Å²) in [5.74, 6) is 0.759. The first-order valence-electron chi connectivity index (χ1n) is 17.2. The van der Waals surface area contributed by atoms with Crippen molar-refractivity contribution in [3.63, 3.8) is 0 Å². The Kier molecular flexibility index (Phi) is 7.54. The largest absolute Gasteiger partial charge is 0.481 e. The molecule has 2 N–H and O–H groups in total. The lowest BCUT2D eigenvalue weighted by molar-refractivity contribution is -0.199. The van der Waals surface area contributed by atoms with Gasteiger partial charge in [-0.2, -0.15) is 0 Å². The number of carbonyl (C=O) groups excluding carboxylic acids is 1. The molecule has 6 fully saturated rings. The second kappa shape index (κ2) is 10.3. The Balaban J connectivity index is 1.44. The molecule has 2 bridgehead atoms. The predicted molar refractivity (Wildman–Crippen MR) is 165 cm³/mol. The molecular formula is C36H57NO6. The number of carboxylic acid groups (broad SMARTS) is 1. The van der Waals surface area contributed by atoms with Crippen molar-refractivity contribution in [2.75, 3.05) is 26.8 Å². The second-order valence-corrected chi connectivity index (χ2v) is 16.6. The first-order chi connectivity index (χ1) is 20.2. The summed E-state index contributed by atoms with van der Waals surface area (Å²) in [6, 6.07) is 0. The smallest absolute Gasteiger partial charge is 0.307 e. The van der Waals surface area contributed by atoms with Crippen LogP contribution in [-0.2, 0) is 23.8 Å². The standard InChI is InChI=1S/C36H57NO6/c1-20(2)22(4)32(6)14-15-33(7)26-11-10-25-24-18-42-36(30(43-23(5)38)28(21(24)3)41-17-16-37-9)19-35(25,36)27(26)12-13-34(33,8)29(32)31(39)40/h12,20-22,24-26,28-30,37H,10-11,13-19H2,1-9H3,(H,39,40)/t21?,22-,24-,25?,26+,28-,29-,30+,32-,33-,34+,35+,36?/m1/s1. The van der Waals surface area contributed by atoms with Crippen molar-refractivity contribution in [3.05, 3.63) is 11.6 Å². The van der Waals surface area contributed by atoms with Gasteiger partial charge in [-0.05, 0) is 97.3 Å². The maximum atomic E-state index is 13.3. The second-order valence-electron chi connectivity index (χ2n) is 16.6. The van der Waals surface area contributed by atoms with Crippen LogP contribution in [0.1, 0.15) is 93.9 Å². The molecule has 2 aliphatic heterocycles. The van der Waals surface area contributed by atoms with Crippen molar-refractivity contribution in [3.8, 4) is 0 Å². The van der Waals surface area contributed by atoms with Crippen LogP contribution in [0.2, 0.25) is 0 Å². The minimum Gasteiger partial charge on any atom is -0.481 e. The fourth-order valence-corrected chi connectivity index (χ4v) is 12.2. The Labute approximate surface area is 259 Å². The third-order valence-corrected chi connectivity index (χ3v) is 15.0. The van der Waals surface area contributed by atoms with E-state index in [0.29, 0.717) is 42.8 Å². The van der Waals surface area contributed by atoms with Gasteiger partial charge in [0, 0.05) is 18.9 Å². The molecule has 2 heterocycles. The van der Waals surface area contributed by atoms with E-state index in [9.17, 15) is 14.7 Å². The summed E-state index contributed by atoms with van der Waals surface area (Å²) in [5, 5.41) is 14.1. The van der Waals surface area contributed by atoms with Crippen LogP contribution >= 0.6 is 0 Å². The molecule has 7 aliphatic rings. The van der Waals surface area contributed by atoms with Crippen molar-refractivity contribution in [2.24, 2.45) is 63.1 Å². The molecule has 7 rings (SSSR count). The average Bonchev–Trinajstić information content (AvgIpc) is 3.65. The van der Waals surface area contributed by atoms with Gasteiger partial charge < -0.3 is 24.6 Å². The molecule has 4 saturated carbocycles. The van der Waals surface area contributed by atoms with Crippen LogP contribution in [0.4, 0.5) is 0 Å². The number of carboxylic acids is 1. The highest BCUT2D eigenvalue weighted by Crippen LogP contribution is 2.82. The van der Waals surface area contributed by atoms with Crippen LogP contribution in [-0.4, -0.2) is 61.7 Å². The van der Waals surface area contributed by atoms with Crippen molar-refractivity contribution in [1.82, 2.24) is 5.32 Å². The van der Waals surface area contributed by atoms with Gasteiger partial charge in [-0.1, -0.05) is 60.1 Å². The lowest BCUT2D eigenvalue weighted by Crippen LogP contribution is -2.64. The summed E-state index contributed by atoms with van der Waals surface area (Å²) in [4.78, 5) is 25.9. The van der Waals surface area contributed by atoms with Crippen molar-refractivity contribution >= 4 is 11.9 Å². The van der Waals surface area contributed by atoms with Gasteiger partial charge >= 0.3 is 11.9 Å². The number of fused-ring (bicyclic) bond motifs is 6. The lowest BCUT2D eigenvalue weighted by atomic mass is 9.36. The van der Waals surface area contributed by atoms with E-state index in [1.165, 1.54) is 12.5 Å². The first kappa shape index (κ1) is 31.5. The molecule has 13 atom stereocenters. The molecule has 0 aromatic heterocycles. The van der Waals surface area contributed by atoms with Gasteiger partial charge in [0.25, 0.3) is 0 Å². The molecule has 3 unspecified atom stereocenters. The number of rotatable bonds is 8. The van der Waals surface area contributed by atoms with E-state index in [1.807, 2.05) is 7.05 Å². The van der Waals surface area contributed by atoms with Crippen LogP contribution in [0.5, 0.6) is 0 Å². The van der Waals surface area contributed by atoms with Crippen LogP contribution in [0.15, 0.2) is 11.6 Å². The van der Waals surface area contributed by atoms with Crippen molar-refractivity contribution in [1.29, 1.82) is 0 Å². The Morgan fingerprint density at radius 2 is 1.86 bits per heavy atom. The number of hydrogen-bond donors (Lipinski definition) is 2. The zero-order chi connectivity index (χ0) is 31.3. The fraction of sp³-hybridized carbons (Fsp3) is 0.889. The normalized spacial score (nSPS) is 50.4. The molecule has 2 spiro atoms. The monoisotopic (exact) mass is 599 g/mol. The zero-order valence-electron chi connectivity index (χ0n) is 28.1. The number of likely N-dealkylation sites (N-methyl/N-ethyl adjacent to an activating group) is 1. The highest BCUT2D eigenvalue weighted by atomic mass is 16.6. The van der Waals surface area contributed by atoms with E-state index >= 15 is 0 Å². The van der Waals surface area contributed by atoms with Gasteiger partial charge in [0.05, 0.1) is 19.1 Å². The zero-order valence-corrected chi connectivity index (χ0v) is 28.1. The summed E-state index contributed by atoms with van der Waals surface area (Å²) in [7, 11) is 1.93. The Bertz CT molecular complexity index is 1180. The van der Waals surface area contributed by atoms with E-state index < -0.39 is 23.6 Å². The molecule has 0 aromatic rings. The molecule has 5 aliphatic carbocycles. The Morgan fingerprint density at radius 1 is 1.14 bits per heavy atom. The number of allylic oxidation sites excluding steroid dienone is 1. The quantitative estimate of drug-likeness (QED) is 0.198. The number of esters is 1. The average molecular weight is 600 g/mol. The van der Waals surface area contributed by atoms with Gasteiger partial charge in [-0.25, -0.2) is 0 Å². The molecule has 7 nitrogen and oxygen atoms in total. The molecule has 7 heteroatoms. The SMILES string of the molecule is CNCCO[C@@H]1C(C)[C@H]2COC3(C[C@]34C3=CC[C@@]5(C)[C@H](C(=O)O)[C@@](C)([C@H](C)C(C)C)CC[C@]5(C)[C@H]3CCC24)[C@H]1OC(C)=O. The van der Waals surface area contributed by atoms with Gasteiger partial charge in [-0.15, -0.1) is 0 Å². The summed E-state index contributed by atoms with van der Waals surface area (Å²) >= 11 is 0. The maximum Gasteiger partial charge on any atom is 0.307 e. The molecule has 242 valence electrons. The topological polar surface area (TPSA) is 94.1 Å². The Morgan fingerprint density at radius 3 is 2.49 bits per heavy atom. The first-order valence-corrected chi connectivity index (χ1v) is 17.2. The van der Waals surface area contributed by atoms with E-state index in [2.05, 4.69) is 59.9 Å². The van der Waals surface area contributed by atoms with E-state index in [-0.39, 0.29) is 39.7 Å². The van der Waals surface area contributed by atoms with E-state index in [4.69, 9.17) is 14.2 Å². The van der Waals surface area contributed by atoms with Crippen LogP contribution in [0.3, 0.4) is 0 Å². The highest BCUT2D eigenvalue weighted by Gasteiger charge is 2.85. The lowest BCUT2D eigenvalue weighted by Gasteiger charge is -2.67. The number of nitrogens with one attached hydrogen (secondary N) is 1. The molecular weight excluding hydrogens is 542 g/mol. The summed E-state index contributed by atoms with van der Waals surface area (Å²) in [6.45, 7) is 19.6. The van der Waals surface area contributed by atoms with Crippen molar-refractivity contribution < 1.29 is 28.9 Å². The third kappa shape index (κ3) is 3.95. The summed E-state index contributed by atoms with van der Waals surface area (Å²) < 4.78 is 19.7. The van der Waals surface area contributed by atoms with Gasteiger partial charge in [0.15, 0.2) is 6.10 Å². The van der Waals surface area contributed by atoms with Crippen LogP contribution in [0, 0.1) is 63.1 Å². The van der Waals surface area contributed by atoms with Gasteiger partial charge in [0.2, 0.25) is 0 Å². The van der Waals surface area contributed by atoms with Crippen LogP contribution < -0.4 is 5.32 Å². The maximum absolute atomic E-state index is 13.3. The Hall–Kier alpha value is -1.44. The summed E-state index contributed by atoms with van der Waals surface area (Å²) in [6.07, 6.45) is 7.66. The van der Waals surface area contributed by atoms with E-state index in [1.54, 1.807) is 0 Å². The molecule has 43 heavy (non-hydrogen) atoms. The summed E-state index contributed by atoms with van der Waals surface area (Å²) in [5.41, 5.74) is 0.0400. The highest BCUT2D eigenvalue weighted by molar-refractivity contribution is 5.73. The number of ether oxygens (including phenoxy) is 3. The fourth-order valence-electron chi connectivity index (χ4n) is 12.2. The number of aliphatic carboxylic acids is 1.